The fraction of sp³-hybridized carbons (Fsp3) is 0.0556. The maximum Gasteiger partial charge on any atom is 0.262 e. The number of phenols is 1. The van der Waals surface area contributed by atoms with Gasteiger partial charge in [0.2, 0.25) is 11.9 Å². The van der Waals surface area contributed by atoms with Crippen molar-refractivity contribution in [2.75, 3.05) is 0 Å². The highest BCUT2D eigenvalue weighted by Gasteiger charge is 2.24. The lowest BCUT2D eigenvalue weighted by atomic mass is 9.90. The molecule has 0 aliphatic heterocycles. The molecular formula is C18H12FN5O3. The van der Waals surface area contributed by atoms with E-state index in [4.69, 9.17) is 5.41 Å². The topological polar surface area (TPSA) is 150 Å². The summed E-state index contributed by atoms with van der Waals surface area (Å²) >= 11 is 0. The number of guanidine groups is 1. The maximum atomic E-state index is 14.0. The van der Waals surface area contributed by atoms with Crippen LogP contribution in [0.4, 0.5) is 4.39 Å². The third-order valence-electron chi connectivity index (χ3n) is 3.47. The van der Waals surface area contributed by atoms with E-state index in [9.17, 15) is 29.6 Å². The molecule has 0 spiro atoms. The summed E-state index contributed by atoms with van der Waals surface area (Å²) in [4.78, 5) is 23.5. The maximum absolute atomic E-state index is 14.0. The van der Waals surface area contributed by atoms with E-state index >= 15 is 0 Å². The van der Waals surface area contributed by atoms with Crippen molar-refractivity contribution in [2.24, 2.45) is 0 Å². The first-order chi connectivity index (χ1) is 12.8. The van der Waals surface area contributed by atoms with Crippen LogP contribution in [0.15, 0.2) is 30.3 Å². The monoisotopic (exact) mass is 365 g/mol. The van der Waals surface area contributed by atoms with Crippen molar-refractivity contribution in [1.29, 1.82) is 15.9 Å². The van der Waals surface area contributed by atoms with Crippen LogP contribution in [0.2, 0.25) is 0 Å². The number of halogens is 1. The number of nitrogens with one attached hydrogen (secondary N) is 3. The van der Waals surface area contributed by atoms with Crippen LogP contribution >= 0.6 is 0 Å². The van der Waals surface area contributed by atoms with E-state index in [2.05, 4.69) is 0 Å². The molecule has 0 aliphatic carbocycles. The first-order valence-electron chi connectivity index (χ1n) is 7.42. The lowest BCUT2D eigenvalue weighted by Gasteiger charge is -2.15. The van der Waals surface area contributed by atoms with Crippen LogP contribution in [0, 0.1) is 33.9 Å². The van der Waals surface area contributed by atoms with Gasteiger partial charge >= 0.3 is 0 Å². The van der Waals surface area contributed by atoms with Crippen LogP contribution in [0.3, 0.4) is 0 Å². The second-order valence-electron chi connectivity index (χ2n) is 5.28. The summed E-state index contributed by atoms with van der Waals surface area (Å²) in [6.07, 6.45) is 0. The number of phenolic OH excluding ortho intramolecular Hbond substituents is 1. The number of carbonyl (C=O) groups is 2. The van der Waals surface area contributed by atoms with Gasteiger partial charge in [0.05, 0.1) is 22.8 Å². The Morgan fingerprint density at radius 1 is 1.15 bits per heavy atom. The molecule has 0 unspecified atom stereocenters. The highest BCUT2D eigenvalue weighted by molar-refractivity contribution is 6.13. The summed E-state index contributed by atoms with van der Waals surface area (Å²) in [5, 5.41) is 40.4. The van der Waals surface area contributed by atoms with Gasteiger partial charge in [0.1, 0.15) is 17.6 Å². The van der Waals surface area contributed by atoms with Crippen molar-refractivity contribution in [3.8, 4) is 29.0 Å². The predicted octanol–water partition coefficient (Wildman–Crippen LogP) is 1.74. The molecule has 2 amide bonds. The molecule has 0 aliphatic rings. The zero-order valence-corrected chi connectivity index (χ0v) is 13.9. The van der Waals surface area contributed by atoms with Gasteiger partial charge in [-0.15, -0.1) is 0 Å². The van der Waals surface area contributed by atoms with Gasteiger partial charge < -0.3 is 5.11 Å². The summed E-state index contributed by atoms with van der Waals surface area (Å²) in [7, 11) is 0. The van der Waals surface area contributed by atoms with Gasteiger partial charge in [-0.2, -0.15) is 10.5 Å². The van der Waals surface area contributed by atoms with Crippen LogP contribution < -0.4 is 10.6 Å². The van der Waals surface area contributed by atoms with Gasteiger partial charge in [0, 0.05) is 18.1 Å². The first kappa shape index (κ1) is 19.1. The number of hydrogen-bond acceptors (Lipinski definition) is 6. The molecule has 8 nitrogen and oxygen atoms in total. The second kappa shape index (κ2) is 7.76. The quantitative estimate of drug-likeness (QED) is 0.472. The van der Waals surface area contributed by atoms with Gasteiger partial charge in [-0.05, 0) is 18.2 Å². The number of benzene rings is 2. The van der Waals surface area contributed by atoms with E-state index in [1.165, 1.54) is 18.2 Å². The standard InChI is InChI=1S/C18H12FN5O3/c1-9(25)23-18(22)24-17(27)16-14(26)6-5-10(7-20)15(16)11-3-2-4-13(19)12(11)8-21/h2-6,26H,1H3,(H3,22,23,24,25,27). The fourth-order valence-electron chi connectivity index (χ4n) is 2.42. The Balaban J connectivity index is 2.71. The number of nitrogens with zero attached hydrogens (tertiary/aromatic N) is 2. The van der Waals surface area contributed by atoms with Gasteiger partial charge in [-0.25, -0.2) is 4.39 Å². The van der Waals surface area contributed by atoms with Crippen molar-refractivity contribution in [3.63, 3.8) is 0 Å². The molecule has 134 valence electrons. The van der Waals surface area contributed by atoms with E-state index in [1.807, 2.05) is 16.7 Å². The predicted molar refractivity (Wildman–Crippen MR) is 91.9 cm³/mol. The molecule has 2 rings (SSSR count). The Morgan fingerprint density at radius 2 is 1.85 bits per heavy atom. The summed E-state index contributed by atoms with van der Waals surface area (Å²) in [5.74, 6) is -3.69. The van der Waals surface area contributed by atoms with E-state index in [1.54, 1.807) is 6.07 Å². The summed E-state index contributed by atoms with van der Waals surface area (Å²) < 4.78 is 14.0. The zero-order valence-electron chi connectivity index (χ0n) is 13.9. The molecule has 2 aromatic rings. The molecule has 0 aromatic heterocycles. The average Bonchev–Trinajstić information content (AvgIpc) is 2.60. The first-order valence-corrected chi connectivity index (χ1v) is 7.42. The molecule has 9 heteroatoms. The Morgan fingerprint density at radius 3 is 2.44 bits per heavy atom. The van der Waals surface area contributed by atoms with E-state index < -0.39 is 40.5 Å². The van der Waals surface area contributed by atoms with Crippen molar-refractivity contribution in [2.45, 2.75) is 6.92 Å². The molecule has 0 atom stereocenters. The number of nitriles is 2. The number of hydrogen-bond donors (Lipinski definition) is 4. The Kier molecular flexibility index (Phi) is 5.49. The minimum absolute atomic E-state index is 0.0684. The molecule has 2 aromatic carbocycles. The van der Waals surface area contributed by atoms with E-state index in [0.717, 1.165) is 19.1 Å². The van der Waals surface area contributed by atoms with Crippen molar-refractivity contribution >= 4 is 17.8 Å². The minimum Gasteiger partial charge on any atom is -0.507 e. The Bertz CT molecular complexity index is 1050. The molecule has 27 heavy (non-hydrogen) atoms. The van der Waals surface area contributed by atoms with Crippen LogP contribution in [0.25, 0.3) is 11.1 Å². The number of carbonyl (C=O) groups excluding carboxylic acids is 2. The number of amides is 2. The Labute approximate surface area is 153 Å². The van der Waals surface area contributed by atoms with Crippen molar-refractivity contribution in [3.05, 3.63) is 52.8 Å². The lowest BCUT2D eigenvalue weighted by molar-refractivity contribution is -0.117. The average molecular weight is 365 g/mol. The largest absolute Gasteiger partial charge is 0.507 e. The number of rotatable bonds is 2. The van der Waals surface area contributed by atoms with Crippen LogP contribution in [0.1, 0.15) is 28.4 Å². The highest BCUT2D eigenvalue weighted by Crippen LogP contribution is 2.35. The molecular weight excluding hydrogens is 353 g/mol. The second-order valence-corrected chi connectivity index (χ2v) is 5.28. The van der Waals surface area contributed by atoms with Crippen molar-refractivity contribution in [1.82, 2.24) is 10.6 Å². The molecule has 0 fully saturated rings. The SMILES string of the molecule is CC(=O)NC(=N)NC(=O)c1c(O)ccc(C#N)c1-c1cccc(F)c1C#N. The van der Waals surface area contributed by atoms with Gasteiger partial charge in [0.25, 0.3) is 5.91 Å². The molecule has 0 saturated heterocycles. The number of aromatic hydroxyl groups is 1. The summed E-state index contributed by atoms with van der Waals surface area (Å²) in [6.45, 7) is 1.13. The highest BCUT2D eigenvalue weighted by atomic mass is 19.1. The zero-order chi connectivity index (χ0) is 20.1. The van der Waals surface area contributed by atoms with Crippen molar-refractivity contribution < 1.29 is 19.1 Å². The van der Waals surface area contributed by atoms with Gasteiger partial charge in [-0.3, -0.25) is 25.6 Å². The van der Waals surface area contributed by atoms with Gasteiger partial charge in [-0.1, -0.05) is 12.1 Å². The van der Waals surface area contributed by atoms with Crippen LogP contribution in [-0.2, 0) is 4.79 Å². The normalized spacial score (nSPS) is 9.63. The third kappa shape index (κ3) is 3.89. The third-order valence-corrected chi connectivity index (χ3v) is 3.47. The van der Waals surface area contributed by atoms with Crippen LogP contribution in [-0.4, -0.2) is 22.9 Å². The van der Waals surface area contributed by atoms with Gasteiger partial charge in [0.15, 0.2) is 0 Å². The molecule has 0 saturated carbocycles. The lowest BCUT2D eigenvalue weighted by Crippen LogP contribution is -2.42. The Hall–Kier alpha value is -4.24. The fourth-order valence-corrected chi connectivity index (χ4v) is 2.42. The molecule has 0 heterocycles. The molecule has 0 bridgehead atoms. The smallest absolute Gasteiger partial charge is 0.262 e. The summed E-state index contributed by atoms with van der Waals surface area (Å²) in [6, 6.07) is 9.46. The van der Waals surface area contributed by atoms with E-state index in [0.29, 0.717) is 0 Å². The summed E-state index contributed by atoms with van der Waals surface area (Å²) in [5.41, 5.74) is -1.18. The molecule has 4 N–H and O–H groups in total. The van der Waals surface area contributed by atoms with Crippen LogP contribution in [0.5, 0.6) is 5.75 Å². The minimum atomic E-state index is -1.02. The molecule has 0 radical (unpaired) electrons. The van der Waals surface area contributed by atoms with E-state index in [-0.39, 0.29) is 16.7 Å².